The molecule has 0 bridgehead atoms. The molecule has 2 saturated heterocycles. The lowest BCUT2D eigenvalue weighted by Crippen LogP contribution is -2.60. The van der Waals surface area contributed by atoms with Crippen molar-refractivity contribution in [1.29, 1.82) is 0 Å². The standard InChI is InChI=1S/C33H44Cl2N4O5S/c1-3-27(22-37-45(42,43)32(2)11-12-32)39-30(23-7-9-25(34)10-8-23)28(24-5-4-6-26(35)19-24)20-33(31(39)41,21-29(36)40)13-14-38-15-17-44-18-16-38/h4-10,19,27-28,30,37H,3,11-18,20-22H2,1-2H3,(H2,36,40)/t27-,28+,30+,33+/m0/s1. The number of sulfonamides is 1. The minimum Gasteiger partial charge on any atom is -0.379 e. The van der Waals surface area contributed by atoms with E-state index in [2.05, 4.69) is 9.62 Å². The maximum absolute atomic E-state index is 15.1. The summed E-state index contributed by atoms with van der Waals surface area (Å²) in [4.78, 5) is 32.0. The first-order valence-electron chi connectivity index (χ1n) is 15.8. The minimum absolute atomic E-state index is 0.0582. The third kappa shape index (κ3) is 7.52. The topological polar surface area (TPSA) is 122 Å². The highest BCUT2D eigenvalue weighted by Crippen LogP contribution is 2.54. The van der Waals surface area contributed by atoms with Crippen molar-refractivity contribution in [1.82, 2.24) is 14.5 Å². The molecule has 3 N–H and O–H groups in total. The average molecular weight is 680 g/mol. The van der Waals surface area contributed by atoms with E-state index >= 15 is 4.79 Å². The summed E-state index contributed by atoms with van der Waals surface area (Å²) in [6, 6.07) is 14.1. The van der Waals surface area contributed by atoms with Crippen molar-refractivity contribution >= 4 is 45.0 Å². The van der Waals surface area contributed by atoms with E-state index in [0.29, 0.717) is 61.9 Å². The Kier molecular flexibility index (Phi) is 10.5. The van der Waals surface area contributed by atoms with Gasteiger partial charge < -0.3 is 15.4 Å². The van der Waals surface area contributed by atoms with Crippen molar-refractivity contribution in [3.63, 3.8) is 0 Å². The Hall–Kier alpha value is -2.21. The maximum atomic E-state index is 15.1. The van der Waals surface area contributed by atoms with Crippen LogP contribution in [0.15, 0.2) is 48.5 Å². The average Bonchev–Trinajstić information content (AvgIpc) is 3.78. The molecule has 2 heterocycles. The van der Waals surface area contributed by atoms with E-state index in [4.69, 9.17) is 33.7 Å². The Labute approximate surface area is 276 Å². The Morgan fingerprint density at radius 1 is 1.09 bits per heavy atom. The zero-order valence-corrected chi connectivity index (χ0v) is 28.3. The van der Waals surface area contributed by atoms with Gasteiger partial charge in [-0.15, -0.1) is 0 Å². The highest BCUT2D eigenvalue weighted by atomic mass is 35.5. The number of carbonyl (C=O) groups excluding carboxylic acids is 2. The van der Waals surface area contributed by atoms with Crippen molar-refractivity contribution < 1.29 is 22.7 Å². The normalized spacial score (nSPS) is 26.0. The lowest BCUT2D eigenvalue weighted by Gasteiger charge is -2.53. The number of benzene rings is 2. The SMILES string of the molecule is CC[C@@H](CNS(=O)(=O)C1(C)CC1)N1C(=O)[C@@](CCN2CCOCC2)(CC(N)=O)C[C@H](c2cccc(Cl)c2)[C@H]1c1ccc(Cl)cc1. The van der Waals surface area contributed by atoms with Gasteiger partial charge in [0.1, 0.15) is 0 Å². The molecular weight excluding hydrogens is 635 g/mol. The first-order valence-corrected chi connectivity index (χ1v) is 18.0. The number of hydrogen-bond acceptors (Lipinski definition) is 6. The van der Waals surface area contributed by atoms with E-state index in [9.17, 15) is 13.2 Å². The number of nitrogens with two attached hydrogens (primary N) is 1. The van der Waals surface area contributed by atoms with Crippen LogP contribution in [0.1, 0.15) is 75.5 Å². The molecule has 246 valence electrons. The molecule has 2 aromatic rings. The number of primary amides is 1. The predicted molar refractivity (Wildman–Crippen MR) is 177 cm³/mol. The number of amides is 2. The Balaban J connectivity index is 1.62. The van der Waals surface area contributed by atoms with Gasteiger partial charge in [-0.2, -0.15) is 0 Å². The number of halogens is 2. The summed E-state index contributed by atoms with van der Waals surface area (Å²) in [5, 5.41) is 1.13. The van der Waals surface area contributed by atoms with Crippen molar-refractivity contribution in [2.75, 3.05) is 39.4 Å². The molecule has 2 aliphatic heterocycles. The molecule has 3 fully saturated rings. The van der Waals surface area contributed by atoms with Crippen molar-refractivity contribution in [2.45, 2.75) is 75.1 Å². The molecule has 0 aromatic heterocycles. The molecule has 0 unspecified atom stereocenters. The fourth-order valence-corrected chi connectivity index (χ4v) is 8.66. The Morgan fingerprint density at radius 2 is 1.78 bits per heavy atom. The second-order valence-corrected chi connectivity index (χ2v) is 16.2. The van der Waals surface area contributed by atoms with Gasteiger partial charge in [0.05, 0.1) is 29.4 Å². The molecule has 45 heavy (non-hydrogen) atoms. The maximum Gasteiger partial charge on any atom is 0.230 e. The molecule has 1 saturated carbocycles. The van der Waals surface area contributed by atoms with Crippen LogP contribution < -0.4 is 10.5 Å². The van der Waals surface area contributed by atoms with Gasteiger partial charge in [-0.1, -0.05) is 54.4 Å². The molecule has 12 heteroatoms. The Morgan fingerprint density at radius 3 is 2.38 bits per heavy atom. The summed E-state index contributed by atoms with van der Waals surface area (Å²) in [7, 11) is -3.59. The number of morpholine rings is 1. The van der Waals surface area contributed by atoms with E-state index in [1.54, 1.807) is 19.1 Å². The summed E-state index contributed by atoms with van der Waals surface area (Å²) >= 11 is 12.8. The van der Waals surface area contributed by atoms with E-state index in [-0.39, 0.29) is 24.8 Å². The van der Waals surface area contributed by atoms with Gasteiger partial charge in [0.15, 0.2) is 0 Å². The highest BCUT2D eigenvalue weighted by molar-refractivity contribution is 7.91. The lowest BCUT2D eigenvalue weighted by molar-refractivity contribution is -0.159. The molecule has 4 atom stereocenters. The summed E-state index contributed by atoms with van der Waals surface area (Å²) in [5.41, 5.74) is 6.60. The number of rotatable bonds is 13. The van der Waals surface area contributed by atoms with Gasteiger partial charge >= 0.3 is 0 Å². The molecule has 5 rings (SSSR count). The number of carbonyl (C=O) groups is 2. The summed E-state index contributed by atoms with van der Waals surface area (Å²) in [6.07, 6.45) is 2.40. The van der Waals surface area contributed by atoms with Crippen LogP contribution in [0.3, 0.4) is 0 Å². The van der Waals surface area contributed by atoms with Gasteiger partial charge in [-0.25, -0.2) is 13.1 Å². The first kappa shape index (κ1) is 34.1. The molecule has 1 aliphatic carbocycles. The third-order valence-electron chi connectivity index (χ3n) is 9.97. The van der Waals surface area contributed by atoms with Crippen LogP contribution in [-0.4, -0.2) is 80.2 Å². The zero-order valence-electron chi connectivity index (χ0n) is 26.0. The first-order chi connectivity index (χ1) is 21.4. The minimum atomic E-state index is -3.59. The van der Waals surface area contributed by atoms with Crippen LogP contribution in [0, 0.1) is 5.41 Å². The summed E-state index contributed by atoms with van der Waals surface area (Å²) < 4.78 is 34.1. The number of ether oxygens (including phenoxy) is 1. The van der Waals surface area contributed by atoms with E-state index in [1.165, 1.54) is 0 Å². The smallest absolute Gasteiger partial charge is 0.230 e. The molecule has 3 aliphatic rings. The fourth-order valence-electron chi connectivity index (χ4n) is 6.94. The van der Waals surface area contributed by atoms with Crippen LogP contribution in [0.5, 0.6) is 0 Å². The highest BCUT2D eigenvalue weighted by Gasteiger charge is 2.55. The summed E-state index contributed by atoms with van der Waals surface area (Å²) in [5.74, 6) is -0.995. The van der Waals surface area contributed by atoms with Gasteiger partial charge in [0.2, 0.25) is 21.8 Å². The van der Waals surface area contributed by atoms with Gasteiger partial charge in [0.25, 0.3) is 0 Å². The quantitative estimate of drug-likeness (QED) is 0.311. The molecule has 0 radical (unpaired) electrons. The molecule has 2 amide bonds. The number of nitrogens with one attached hydrogen (secondary N) is 1. The second kappa shape index (κ2) is 13.9. The van der Waals surface area contributed by atoms with Crippen molar-refractivity contribution in [3.8, 4) is 0 Å². The van der Waals surface area contributed by atoms with Crippen molar-refractivity contribution in [2.24, 2.45) is 11.1 Å². The van der Waals surface area contributed by atoms with Crippen LogP contribution in [0.25, 0.3) is 0 Å². The van der Waals surface area contributed by atoms with Gasteiger partial charge in [0, 0.05) is 48.1 Å². The Bertz CT molecular complexity index is 1480. The number of piperidine rings is 1. The zero-order chi connectivity index (χ0) is 32.4. The van der Waals surface area contributed by atoms with E-state index in [1.807, 2.05) is 48.2 Å². The van der Waals surface area contributed by atoms with Crippen LogP contribution in [-0.2, 0) is 24.3 Å². The second-order valence-electron chi connectivity index (χ2n) is 13.1. The molecule has 2 aromatic carbocycles. The number of nitrogens with zero attached hydrogens (tertiary/aromatic N) is 2. The largest absolute Gasteiger partial charge is 0.379 e. The number of likely N-dealkylation sites (tertiary alicyclic amines) is 1. The van der Waals surface area contributed by atoms with Gasteiger partial charge in [-0.3, -0.25) is 14.5 Å². The lowest BCUT2D eigenvalue weighted by atomic mass is 9.64. The summed E-state index contributed by atoms with van der Waals surface area (Å²) in [6.45, 7) is 7.08. The van der Waals surface area contributed by atoms with Crippen LogP contribution >= 0.6 is 23.2 Å². The predicted octanol–water partition coefficient (Wildman–Crippen LogP) is 4.89. The van der Waals surface area contributed by atoms with Crippen LogP contribution in [0.2, 0.25) is 10.0 Å². The van der Waals surface area contributed by atoms with Gasteiger partial charge in [-0.05, 0) is 81.0 Å². The third-order valence-corrected chi connectivity index (χ3v) is 12.7. The monoisotopic (exact) mass is 678 g/mol. The molecule has 0 spiro atoms. The molecular formula is C33H44Cl2N4O5S. The van der Waals surface area contributed by atoms with Crippen LogP contribution in [0.4, 0.5) is 0 Å². The number of hydrogen-bond donors (Lipinski definition) is 2. The van der Waals surface area contributed by atoms with E-state index in [0.717, 1.165) is 24.2 Å². The van der Waals surface area contributed by atoms with E-state index < -0.39 is 38.2 Å². The van der Waals surface area contributed by atoms with Crippen molar-refractivity contribution in [3.05, 3.63) is 69.7 Å². The molecule has 9 nitrogen and oxygen atoms in total. The fraction of sp³-hybridized carbons (Fsp3) is 0.576.